The van der Waals surface area contributed by atoms with Crippen molar-refractivity contribution in [1.29, 1.82) is 0 Å². The third-order valence-corrected chi connectivity index (χ3v) is 4.64. The average molecular weight is 294 g/mol. The van der Waals surface area contributed by atoms with Gasteiger partial charge in [0.1, 0.15) is 6.04 Å². The highest BCUT2D eigenvalue weighted by molar-refractivity contribution is 5.83. The lowest BCUT2D eigenvalue weighted by atomic mass is 9.83. The molecule has 1 N–H and O–H groups in total. The summed E-state index contributed by atoms with van der Waals surface area (Å²) >= 11 is 0. The van der Waals surface area contributed by atoms with Crippen LogP contribution in [0.5, 0.6) is 0 Å². The van der Waals surface area contributed by atoms with Gasteiger partial charge in [0.2, 0.25) is 0 Å². The highest BCUT2D eigenvalue weighted by Crippen LogP contribution is 2.31. The molecule has 2 heterocycles. The molecular weight excluding hydrogens is 268 g/mol. The second-order valence-electron chi connectivity index (χ2n) is 7.20. The van der Waals surface area contributed by atoms with Gasteiger partial charge < -0.3 is 14.9 Å². The van der Waals surface area contributed by atoms with E-state index in [1.807, 2.05) is 6.92 Å². The van der Waals surface area contributed by atoms with E-state index >= 15 is 0 Å². The van der Waals surface area contributed by atoms with E-state index < -0.39 is 12.0 Å². The molecule has 2 aliphatic rings. The van der Waals surface area contributed by atoms with Crippen LogP contribution in [0.2, 0.25) is 0 Å². The molecule has 0 saturated carbocycles. The molecule has 0 aromatic carbocycles. The number of nitrogens with zero attached hydrogens (tertiary/aromatic N) is 2. The zero-order valence-electron chi connectivity index (χ0n) is 13.4. The molecule has 2 unspecified atom stereocenters. The first-order valence-corrected chi connectivity index (χ1v) is 7.69. The molecule has 1 fully saturated rings. The molecule has 2 atom stereocenters. The van der Waals surface area contributed by atoms with Crippen molar-refractivity contribution >= 4 is 12.0 Å². The summed E-state index contributed by atoms with van der Waals surface area (Å²) in [6, 6.07) is -0.804. The molecule has 21 heavy (non-hydrogen) atoms. The molecule has 0 aliphatic carbocycles. The van der Waals surface area contributed by atoms with Crippen LogP contribution in [0, 0.1) is 11.3 Å². The molecular formula is C16H26N2O3. The van der Waals surface area contributed by atoms with Crippen molar-refractivity contribution < 1.29 is 14.7 Å². The standard InChI is InChI=1S/C16H26N2O3/c1-11-5-10-18(13(11)14(19)20)15(21)17-8-6-12(7-9-17)16(2,3)4/h6,11,13H,5,7-10H2,1-4H3,(H,19,20). The van der Waals surface area contributed by atoms with E-state index in [0.29, 0.717) is 19.6 Å². The number of urea groups is 1. The molecule has 0 spiro atoms. The Morgan fingerprint density at radius 2 is 1.95 bits per heavy atom. The van der Waals surface area contributed by atoms with E-state index in [1.54, 1.807) is 4.90 Å². The summed E-state index contributed by atoms with van der Waals surface area (Å²) in [5.41, 5.74) is 1.51. The number of rotatable bonds is 1. The van der Waals surface area contributed by atoms with E-state index in [0.717, 1.165) is 12.8 Å². The molecule has 2 amide bonds. The number of carboxylic acid groups (broad SMARTS) is 1. The van der Waals surface area contributed by atoms with Crippen molar-refractivity contribution in [3.05, 3.63) is 11.6 Å². The Morgan fingerprint density at radius 3 is 2.43 bits per heavy atom. The van der Waals surface area contributed by atoms with Crippen LogP contribution in [0.15, 0.2) is 11.6 Å². The largest absolute Gasteiger partial charge is 0.480 e. The van der Waals surface area contributed by atoms with Gasteiger partial charge in [0.05, 0.1) is 0 Å². The Bertz CT molecular complexity index is 465. The fraction of sp³-hybridized carbons (Fsp3) is 0.750. The number of likely N-dealkylation sites (tertiary alicyclic amines) is 1. The van der Waals surface area contributed by atoms with Crippen LogP contribution >= 0.6 is 0 Å². The number of carbonyl (C=O) groups is 2. The highest BCUT2D eigenvalue weighted by Gasteiger charge is 2.41. The highest BCUT2D eigenvalue weighted by atomic mass is 16.4. The molecule has 1 saturated heterocycles. The van der Waals surface area contributed by atoms with Gasteiger partial charge in [-0.2, -0.15) is 0 Å². The molecule has 0 bridgehead atoms. The lowest BCUT2D eigenvalue weighted by Gasteiger charge is -2.35. The van der Waals surface area contributed by atoms with Crippen molar-refractivity contribution in [2.75, 3.05) is 19.6 Å². The van der Waals surface area contributed by atoms with Crippen LogP contribution in [0.1, 0.15) is 40.5 Å². The number of amides is 2. The molecule has 2 rings (SSSR count). The maximum absolute atomic E-state index is 12.6. The van der Waals surface area contributed by atoms with E-state index in [2.05, 4.69) is 26.8 Å². The number of hydrogen-bond acceptors (Lipinski definition) is 2. The summed E-state index contributed by atoms with van der Waals surface area (Å²) in [5, 5.41) is 9.33. The summed E-state index contributed by atoms with van der Waals surface area (Å²) < 4.78 is 0. The van der Waals surface area contributed by atoms with E-state index in [4.69, 9.17) is 0 Å². The maximum atomic E-state index is 12.6. The Morgan fingerprint density at radius 1 is 1.29 bits per heavy atom. The normalized spacial score (nSPS) is 26.8. The Hall–Kier alpha value is -1.52. The number of carbonyl (C=O) groups excluding carboxylic acids is 1. The van der Waals surface area contributed by atoms with Crippen molar-refractivity contribution in [2.24, 2.45) is 11.3 Å². The van der Waals surface area contributed by atoms with Crippen LogP contribution in [0.25, 0.3) is 0 Å². The number of hydrogen-bond donors (Lipinski definition) is 1. The quantitative estimate of drug-likeness (QED) is 0.756. The first kappa shape index (κ1) is 15.9. The second-order valence-corrected chi connectivity index (χ2v) is 7.20. The monoisotopic (exact) mass is 294 g/mol. The van der Waals surface area contributed by atoms with Crippen molar-refractivity contribution in [3.8, 4) is 0 Å². The minimum absolute atomic E-state index is 0.0249. The summed E-state index contributed by atoms with van der Waals surface area (Å²) in [6.45, 7) is 10.3. The molecule has 0 aromatic heterocycles. The van der Waals surface area contributed by atoms with Crippen LogP contribution < -0.4 is 0 Å². The van der Waals surface area contributed by atoms with E-state index in [-0.39, 0.29) is 17.4 Å². The topological polar surface area (TPSA) is 60.9 Å². The van der Waals surface area contributed by atoms with Crippen LogP contribution in [-0.2, 0) is 4.79 Å². The Kier molecular flexibility index (Phi) is 4.30. The fourth-order valence-corrected chi connectivity index (χ4v) is 3.24. The summed E-state index contributed by atoms with van der Waals surface area (Å²) in [6.07, 6.45) is 3.76. The third-order valence-electron chi connectivity index (χ3n) is 4.64. The number of aliphatic carboxylic acids is 1. The van der Waals surface area contributed by atoms with Crippen molar-refractivity contribution in [3.63, 3.8) is 0 Å². The lowest BCUT2D eigenvalue weighted by Crippen LogP contribution is -2.50. The van der Waals surface area contributed by atoms with Gasteiger partial charge in [0.25, 0.3) is 0 Å². The third kappa shape index (κ3) is 3.22. The van der Waals surface area contributed by atoms with Gasteiger partial charge >= 0.3 is 12.0 Å². The van der Waals surface area contributed by atoms with E-state index in [9.17, 15) is 14.7 Å². The van der Waals surface area contributed by atoms with Crippen LogP contribution in [0.3, 0.4) is 0 Å². The fourth-order valence-electron chi connectivity index (χ4n) is 3.24. The zero-order chi connectivity index (χ0) is 15.8. The average Bonchev–Trinajstić information content (AvgIpc) is 2.79. The second kappa shape index (κ2) is 5.70. The SMILES string of the molecule is CC1CCN(C(=O)N2CC=C(C(C)(C)C)CC2)C1C(=O)O. The molecule has 0 radical (unpaired) electrons. The number of carboxylic acids is 1. The molecule has 118 valence electrons. The van der Waals surface area contributed by atoms with Gasteiger partial charge in [0, 0.05) is 19.6 Å². The first-order valence-electron chi connectivity index (χ1n) is 7.69. The van der Waals surface area contributed by atoms with Crippen LogP contribution in [-0.4, -0.2) is 52.6 Å². The van der Waals surface area contributed by atoms with Gasteiger partial charge in [-0.1, -0.05) is 39.3 Å². The Balaban J connectivity index is 2.05. The minimum atomic E-state index is -0.892. The smallest absolute Gasteiger partial charge is 0.326 e. The Labute approximate surface area is 126 Å². The predicted molar refractivity (Wildman–Crippen MR) is 81.0 cm³/mol. The molecule has 5 nitrogen and oxygen atoms in total. The van der Waals surface area contributed by atoms with Gasteiger partial charge in [-0.25, -0.2) is 9.59 Å². The van der Waals surface area contributed by atoms with Gasteiger partial charge in [-0.3, -0.25) is 0 Å². The first-order chi connectivity index (χ1) is 9.71. The summed E-state index contributed by atoms with van der Waals surface area (Å²) in [4.78, 5) is 27.2. The van der Waals surface area contributed by atoms with E-state index in [1.165, 1.54) is 10.5 Å². The molecule has 0 aromatic rings. The van der Waals surface area contributed by atoms with Crippen molar-refractivity contribution in [2.45, 2.75) is 46.6 Å². The van der Waals surface area contributed by atoms with Crippen molar-refractivity contribution in [1.82, 2.24) is 9.80 Å². The van der Waals surface area contributed by atoms with Crippen LogP contribution in [0.4, 0.5) is 4.79 Å². The zero-order valence-corrected chi connectivity index (χ0v) is 13.4. The molecule has 2 aliphatic heterocycles. The minimum Gasteiger partial charge on any atom is -0.480 e. The van der Waals surface area contributed by atoms with Gasteiger partial charge in [0.15, 0.2) is 0 Å². The van der Waals surface area contributed by atoms with Gasteiger partial charge in [-0.05, 0) is 24.2 Å². The maximum Gasteiger partial charge on any atom is 0.326 e. The summed E-state index contributed by atoms with van der Waals surface area (Å²) in [7, 11) is 0. The summed E-state index contributed by atoms with van der Waals surface area (Å²) in [5.74, 6) is -0.867. The lowest BCUT2D eigenvalue weighted by molar-refractivity contribution is -0.142. The molecule has 5 heteroatoms. The van der Waals surface area contributed by atoms with Gasteiger partial charge in [-0.15, -0.1) is 0 Å². The predicted octanol–water partition coefficient (Wildman–Crippen LogP) is 2.58.